The van der Waals surface area contributed by atoms with Gasteiger partial charge in [-0.1, -0.05) is 17.7 Å². The summed E-state index contributed by atoms with van der Waals surface area (Å²) in [6.45, 7) is 0. The minimum atomic E-state index is -0.468. The number of halogens is 1. The maximum atomic E-state index is 12.4. The van der Waals surface area contributed by atoms with Crippen LogP contribution in [-0.2, 0) is 6.42 Å². The van der Waals surface area contributed by atoms with Crippen molar-refractivity contribution in [2.24, 2.45) is 0 Å². The van der Waals surface area contributed by atoms with E-state index in [0.29, 0.717) is 34.9 Å². The third-order valence-corrected chi connectivity index (χ3v) is 5.19. The van der Waals surface area contributed by atoms with E-state index in [2.05, 4.69) is 20.9 Å². The molecule has 1 aliphatic rings. The molecule has 0 atom stereocenters. The summed E-state index contributed by atoms with van der Waals surface area (Å²) < 4.78 is 5.74. The molecule has 0 bridgehead atoms. The van der Waals surface area contributed by atoms with Crippen molar-refractivity contribution in [3.8, 4) is 11.5 Å². The summed E-state index contributed by atoms with van der Waals surface area (Å²) in [4.78, 5) is 39.9. The number of pyridine rings is 1. The number of Topliss-reactive ketones (excluding diaryl/α,β-unsaturated/α-hetero) is 1. The van der Waals surface area contributed by atoms with Crippen molar-refractivity contribution in [1.29, 1.82) is 0 Å². The van der Waals surface area contributed by atoms with Gasteiger partial charge in [-0.3, -0.25) is 14.6 Å². The second-order valence-electron chi connectivity index (χ2n) is 7.08. The highest BCUT2D eigenvalue weighted by molar-refractivity contribution is 6.32. The summed E-state index contributed by atoms with van der Waals surface area (Å²) in [7, 11) is 1.51. The highest BCUT2D eigenvalue weighted by Gasteiger charge is 2.19. The number of aryl methyl sites for hydroxylation is 1. The molecule has 0 unspecified atom stereocenters. The van der Waals surface area contributed by atoms with Crippen molar-refractivity contribution >= 4 is 40.7 Å². The second kappa shape index (κ2) is 9.07. The van der Waals surface area contributed by atoms with Gasteiger partial charge in [0, 0.05) is 42.7 Å². The number of ketones is 1. The number of hydrogen-bond donors (Lipinski definition) is 3. The molecule has 0 saturated carbocycles. The zero-order valence-corrected chi connectivity index (χ0v) is 17.8. The van der Waals surface area contributed by atoms with Crippen LogP contribution in [0.4, 0.5) is 16.2 Å². The largest absolute Gasteiger partial charge is 0.456 e. The van der Waals surface area contributed by atoms with Gasteiger partial charge in [-0.2, -0.15) is 0 Å². The predicted molar refractivity (Wildman–Crippen MR) is 121 cm³/mol. The maximum absolute atomic E-state index is 12.4. The first-order chi connectivity index (χ1) is 15.4. The molecule has 1 aromatic heterocycles. The Balaban J connectivity index is 1.41. The van der Waals surface area contributed by atoms with Gasteiger partial charge in [-0.25, -0.2) is 4.79 Å². The molecule has 1 heterocycles. The molecule has 3 amide bonds. The first-order valence-corrected chi connectivity index (χ1v) is 10.2. The highest BCUT2D eigenvalue weighted by Crippen LogP contribution is 2.32. The number of anilines is 2. The Hall–Kier alpha value is -3.91. The number of fused-ring (bicyclic) bond motifs is 1. The molecule has 0 spiro atoms. The molecule has 0 radical (unpaired) electrons. The lowest BCUT2D eigenvalue weighted by atomic mass is 10.1. The first kappa shape index (κ1) is 21.3. The third kappa shape index (κ3) is 4.70. The minimum Gasteiger partial charge on any atom is -0.456 e. The van der Waals surface area contributed by atoms with Gasteiger partial charge in [-0.05, 0) is 48.4 Å². The fourth-order valence-corrected chi connectivity index (χ4v) is 3.54. The van der Waals surface area contributed by atoms with E-state index >= 15 is 0 Å². The van der Waals surface area contributed by atoms with Crippen molar-refractivity contribution in [3.63, 3.8) is 0 Å². The summed E-state index contributed by atoms with van der Waals surface area (Å²) in [6, 6.07) is 12.7. The summed E-state index contributed by atoms with van der Waals surface area (Å²) in [5, 5.41) is 8.17. The number of amides is 3. The molecule has 3 aromatic rings. The van der Waals surface area contributed by atoms with Crippen LogP contribution in [0.25, 0.3) is 0 Å². The lowest BCUT2D eigenvalue weighted by Crippen LogP contribution is -2.19. The van der Waals surface area contributed by atoms with Crippen molar-refractivity contribution in [3.05, 3.63) is 76.6 Å². The van der Waals surface area contributed by atoms with E-state index in [9.17, 15) is 14.4 Å². The van der Waals surface area contributed by atoms with Crippen molar-refractivity contribution in [2.45, 2.75) is 12.8 Å². The number of nitrogens with zero attached hydrogens (tertiary/aromatic N) is 1. The van der Waals surface area contributed by atoms with E-state index in [4.69, 9.17) is 16.3 Å². The third-order valence-electron chi connectivity index (χ3n) is 4.90. The predicted octanol–water partition coefficient (Wildman–Crippen LogP) is 4.66. The quantitative estimate of drug-likeness (QED) is 0.523. The van der Waals surface area contributed by atoms with E-state index in [-0.39, 0.29) is 22.4 Å². The molecule has 1 aliphatic carbocycles. The molecular formula is C23H19ClN4O4. The number of aromatic nitrogens is 1. The number of benzene rings is 2. The van der Waals surface area contributed by atoms with E-state index in [1.807, 2.05) is 6.07 Å². The van der Waals surface area contributed by atoms with Crippen molar-refractivity contribution < 1.29 is 19.1 Å². The second-order valence-corrected chi connectivity index (χ2v) is 7.48. The SMILES string of the molecule is CNC(=O)c1cc(Oc2ccc(NC(=O)Nc3ccc4c(c3)C(=O)CC4)cc2Cl)ccn1. The fraction of sp³-hybridized carbons (Fsp3) is 0.130. The number of carbonyl (C=O) groups excluding carboxylic acids is 3. The van der Waals surface area contributed by atoms with Crippen LogP contribution in [0.3, 0.4) is 0 Å². The monoisotopic (exact) mass is 450 g/mol. The number of urea groups is 1. The Morgan fingerprint density at radius 1 is 1.00 bits per heavy atom. The maximum Gasteiger partial charge on any atom is 0.323 e. The van der Waals surface area contributed by atoms with E-state index in [1.165, 1.54) is 19.3 Å². The van der Waals surface area contributed by atoms with Crippen LogP contribution in [0.1, 0.15) is 32.8 Å². The summed E-state index contributed by atoms with van der Waals surface area (Å²) >= 11 is 6.30. The molecule has 162 valence electrons. The van der Waals surface area contributed by atoms with Crippen LogP contribution in [-0.4, -0.2) is 29.8 Å². The van der Waals surface area contributed by atoms with Crippen LogP contribution in [0.2, 0.25) is 5.02 Å². The molecule has 0 aliphatic heterocycles. The Morgan fingerprint density at radius 2 is 1.75 bits per heavy atom. The molecule has 0 saturated heterocycles. The molecule has 32 heavy (non-hydrogen) atoms. The topological polar surface area (TPSA) is 109 Å². The van der Waals surface area contributed by atoms with Gasteiger partial charge in [0.1, 0.15) is 17.2 Å². The van der Waals surface area contributed by atoms with Gasteiger partial charge in [0.2, 0.25) is 0 Å². The van der Waals surface area contributed by atoms with Crippen LogP contribution in [0.15, 0.2) is 54.7 Å². The van der Waals surface area contributed by atoms with Gasteiger partial charge < -0.3 is 20.7 Å². The van der Waals surface area contributed by atoms with Crippen molar-refractivity contribution in [2.75, 3.05) is 17.7 Å². The molecule has 8 nitrogen and oxygen atoms in total. The van der Waals surface area contributed by atoms with Crippen molar-refractivity contribution in [1.82, 2.24) is 10.3 Å². The summed E-state index contributed by atoms with van der Waals surface area (Å²) in [5.41, 5.74) is 2.86. The Labute approximate surface area is 189 Å². The number of nitrogens with one attached hydrogen (secondary N) is 3. The standard InChI is InChI=1S/C23H19ClN4O4/c1-25-22(30)19-12-16(8-9-26-19)32-21-7-5-15(11-18(21)24)28-23(31)27-14-4-2-13-3-6-20(29)17(13)10-14/h2,4-5,7-12H,3,6H2,1H3,(H,25,30)(H2,27,28,31). The van der Waals surface area contributed by atoms with Gasteiger partial charge >= 0.3 is 6.03 Å². The molecular weight excluding hydrogens is 432 g/mol. The van der Waals surface area contributed by atoms with Gasteiger partial charge in [-0.15, -0.1) is 0 Å². The number of ether oxygens (including phenoxy) is 1. The van der Waals surface area contributed by atoms with Crippen LogP contribution in [0.5, 0.6) is 11.5 Å². The van der Waals surface area contributed by atoms with E-state index in [0.717, 1.165) is 12.0 Å². The molecule has 4 rings (SSSR count). The highest BCUT2D eigenvalue weighted by atomic mass is 35.5. The zero-order valence-electron chi connectivity index (χ0n) is 17.1. The van der Waals surface area contributed by atoms with Crippen LogP contribution < -0.4 is 20.7 Å². The zero-order chi connectivity index (χ0) is 22.7. The van der Waals surface area contributed by atoms with Gasteiger partial charge in [0.05, 0.1) is 5.02 Å². The number of carbonyl (C=O) groups is 3. The van der Waals surface area contributed by atoms with Crippen LogP contribution in [0, 0.1) is 0 Å². The van der Waals surface area contributed by atoms with E-state index < -0.39 is 6.03 Å². The minimum absolute atomic E-state index is 0.0862. The smallest absolute Gasteiger partial charge is 0.323 e. The number of rotatable bonds is 5. The normalized spacial score (nSPS) is 12.1. The lowest BCUT2D eigenvalue weighted by molar-refractivity contribution is 0.0956. The Kier molecular flexibility index (Phi) is 6.04. The molecule has 9 heteroatoms. The van der Waals surface area contributed by atoms with Crippen LogP contribution >= 0.6 is 11.6 Å². The number of hydrogen-bond acceptors (Lipinski definition) is 5. The average molecular weight is 451 g/mol. The Morgan fingerprint density at radius 3 is 2.50 bits per heavy atom. The summed E-state index contributed by atoms with van der Waals surface area (Å²) in [5.74, 6) is 0.497. The fourth-order valence-electron chi connectivity index (χ4n) is 3.32. The molecule has 2 aromatic carbocycles. The van der Waals surface area contributed by atoms with Gasteiger partial charge in [0.15, 0.2) is 5.78 Å². The summed E-state index contributed by atoms with van der Waals surface area (Å²) in [6.07, 6.45) is 2.70. The molecule has 0 fully saturated rings. The average Bonchev–Trinajstić information content (AvgIpc) is 3.15. The molecule has 3 N–H and O–H groups in total. The Bertz CT molecular complexity index is 1230. The van der Waals surface area contributed by atoms with E-state index in [1.54, 1.807) is 36.4 Å². The van der Waals surface area contributed by atoms with Gasteiger partial charge in [0.25, 0.3) is 5.91 Å². The lowest BCUT2D eigenvalue weighted by Gasteiger charge is -2.12. The first-order valence-electron chi connectivity index (χ1n) is 9.82.